The summed E-state index contributed by atoms with van der Waals surface area (Å²) in [4.78, 5) is 11.9. The SMILES string of the molecule is C#C[C@@H](NC(=O)c1ccsc1)C1CCC(F)(F)CC1. The third-order valence-corrected chi connectivity index (χ3v) is 4.17. The van der Waals surface area contributed by atoms with Crippen molar-refractivity contribution in [3.63, 3.8) is 0 Å². The standard InChI is InChI=1S/C14H15F2NOS/c1-2-12(10-3-6-14(15,16)7-4-10)17-13(18)11-5-8-19-9-11/h1,5,8-10,12H,3-4,6-7H2,(H,17,18)/t12-/m1/s1. The zero-order chi connectivity index (χ0) is 13.9. The summed E-state index contributed by atoms with van der Waals surface area (Å²) in [5.41, 5.74) is 0.561. The van der Waals surface area contributed by atoms with E-state index < -0.39 is 12.0 Å². The fourth-order valence-corrected chi connectivity index (χ4v) is 2.95. The predicted molar refractivity (Wildman–Crippen MR) is 71.3 cm³/mol. The van der Waals surface area contributed by atoms with Crippen molar-refractivity contribution in [3.05, 3.63) is 22.4 Å². The number of thiophene rings is 1. The molecule has 1 N–H and O–H groups in total. The van der Waals surface area contributed by atoms with Crippen LogP contribution >= 0.6 is 11.3 Å². The molecular formula is C14H15F2NOS. The van der Waals surface area contributed by atoms with Crippen LogP contribution < -0.4 is 5.32 Å². The fourth-order valence-electron chi connectivity index (χ4n) is 2.31. The summed E-state index contributed by atoms with van der Waals surface area (Å²) in [7, 11) is 0. The van der Waals surface area contributed by atoms with E-state index in [1.807, 2.05) is 0 Å². The Hall–Kier alpha value is -1.41. The van der Waals surface area contributed by atoms with E-state index in [1.165, 1.54) is 11.3 Å². The Morgan fingerprint density at radius 3 is 2.74 bits per heavy atom. The molecule has 5 heteroatoms. The van der Waals surface area contributed by atoms with Crippen LogP contribution in [0.2, 0.25) is 0 Å². The number of hydrogen-bond acceptors (Lipinski definition) is 2. The molecule has 1 aromatic heterocycles. The molecule has 1 amide bonds. The molecule has 2 nitrogen and oxygen atoms in total. The first-order valence-electron chi connectivity index (χ1n) is 6.19. The van der Waals surface area contributed by atoms with E-state index in [0.717, 1.165) is 0 Å². The summed E-state index contributed by atoms with van der Waals surface area (Å²) >= 11 is 1.43. The second kappa shape index (κ2) is 5.70. The van der Waals surface area contributed by atoms with E-state index in [-0.39, 0.29) is 24.7 Å². The van der Waals surface area contributed by atoms with Crippen molar-refractivity contribution in [3.8, 4) is 12.3 Å². The number of amides is 1. The average molecular weight is 283 g/mol. The molecule has 0 aliphatic heterocycles. The highest BCUT2D eigenvalue weighted by Crippen LogP contribution is 2.37. The maximum atomic E-state index is 13.1. The molecule has 1 aromatic rings. The smallest absolute Gasteiger partial charge is 0.253 e. The van der Waals surface area contributed by atoms with Gasteiger partial charge in [-0.1, -0.05) is 5.92 Å². The second-order valence-electron chi connectivity index (χ2n) is 4.82. The molecule has 0 unspecified atom stereocenters. The third kappa shape index (κ3) is 3.54. The lowest BCUT2D eigenvalue weighted by atomic mass is 9.82. The van der Waals surface area contributed by atoms with Crippen LogP contribution in [-0.2, 0) is 0 Å². The number of hydrogen-bond donors (Lipinski definition) is 1. The van der Waals surface area contributed by atoms with Crippen LogP contribution in [0.1, 0.15) is 36.0 Å². The Kier molecular flexibility index (Phi) is 4.20. The number of nitrogens with one attached hydrogen (secondary N) is 1. The maximum absolute atomic E-state index is 13.1. The van der Waals surface area contributed by atoms with E-state index in [4.69, 9.17) is 6.42 Å². The van der Waals surface area contributed by atoms with Gasteiger partial charge in [-0.3, -0.25) is 4.79 Å². The second-order valence-corrected chi connectivity index (χ2v) is 5.60. The Bertz CT molecular complexity index is 468. The molecule has 0 saturated heterocycles. The zero-order valence-electron chi connectivity index (χ0n) is 10.4. The molecular weight excluding hydrogens is 268 g/mol. The molecule has 1 saturated carbocycles. The van der Waals surface area contributed by atoms with Gasteiger partial charge in [-0.05, 0) is 30.2 Å². The van der Waals surface area contributed by atoms with Crippen LogP contribution in [0, 0.1) is 18.3 Å². The van der Waals surface area contributed by atoms with E-state index in [2.05, 4.69) is 11.2 Å². The van der Waals surface area contributed by atoms with Crippen LogP contribution in [0.15, 0.2) is 16.8 Å². The van der Waals surface area contributed by atoms with Crippen molar-refractivity contribution < 1.29 is 13.6 Å². The first-order valence-corrected chi connectivity index (χ1v) is 7.13. The van der Waals surface area contributed by atoms with Crippen LogP contribution in [0.4, 0.5) is 8.78 Å². The molecule has 1 heterocycles. The van der Waals surface area contributed by atoms with Gasteiger partial charge in [0, 0.05) is 18.2 Å². The number of terminal acetylenes is 1. The van der Waals surface area contributed by atoms with Crippen molar-refractivity contribution in [1.82, 2.24) is 5.32 Å². The molecule has 1 fully saturated rings. The molecule has 102 valence electrons. The van der Waals surface area contributed by atoms with Crippen molar-refractivity contribution in [1.29, 1.82) is 0 Å². The van der Waals surface area contributed by atoms with Gasteiger partial charge < -0.3 is 5.32 Å². The summed E-state index contributed by atoms with van der Waals surface area (Å²) in [6.07, 6.45) is 5.83. The van der Waals surface area contributed by atoms with Gasteiger partial charge in [0.05, 0.1) is 11.6 Å². The summed E-state index contributed by atoms with van der Waals surface area (Å²) in [5, 5.41) is 6.29. The largest absolute Gasteiger partial charge is 0.338 e. The summed E-state index contributed by atoms with van der Waals surface area (Å²) in [6.45, 7) is 0. The normalized spacial score (nSPS) is 20.5. The van der Waals surface area contributed by atoms with Crippen molar-refractivity contribution in [2.24, 2.45) is 5.92 Å². The predicted octanol–water partition coefficient (Wildman–Crippen LogP) is 3.31. The Labute approximate surface area is 115 Å². The van der Waals surface area contributed by atoms with Crippen molar-refractivity contribution in [2.75, 3.05) is 0 Å². The minimum atomic E-state index is -2.58. The molecule has 2 rings (SSSR count). The first-order chi connectivity index (χ1) is 9.02. The molecule has 0 bridgehead atoms. The van der Waals surface area contributed by atoms with E-state index in [0.29, 0.717) is 18.4 Å². The lowest BCUT2D eigenvalue weighted by Gasteiger charge is -2.31. The Balaban J connectivity index is 1.94. The lowest BCUT2D eigenvalue weighted by molar-refractivity contribution is -0.0472. The van der Waals surface area contributed by atoms with Gasteiger partial charge in [0.25, 0.3) is 5.91 Å². The molecule has 0 spiro atoms. The van der Waals surface area contributed by atoms with Gasteiger partial charge >= 0.3 is 0 Å². The minimum Gasteiger partial charge on any atom is -0.338 e. The van der Waals surface area contributed by atoms with Crippen LogP contribution in [-0.4, -0.2) is 17.9 Å². The number of carbonyl (C=O) groups excluding carboxylic acids is 1. The summed E-state index contributed by atoms with van der Waals surface area (Å²) < 4.78 is 26.2. The molecule has 0 radical (unpaired) electrons. The van der Waals surface area contributed by atoms with Gasteiger partial charge in [-0.25, -0.2) is 8.78 Å². The highest BCUT2D eigenvalue weighted by Gasteiger charge is 2.37. The molecule has 1 atom stereocenters. The summed E-state index contributed by atoms with van der Waals surface area (Å²) in [6, 6.07) is 1.24. The van der Waals surface area contributed by atoms with E-state index >= 15 is 0 Å². The quantitative estimate of drug-likeness (QED) is 0.847. The number of carbonyl (C=O) groups is 1. The van der Waals surface area contributed by atoms with Crippen LogP contribution in [0.5, 0.6) is 0 Å². The molecule has 0 aromatic carbocycles. The highest BCUT2D eigenvalue weighted by molar-refractivity contribution is 7.08. The van der Waals surface area contributed by atoms with E-state index in [1.54, 1.807) is 16.8 Å². The van der Waals surface area contributed by atoms with Crippen molar-refractivity contribution in [2.45, 2.75) is 37.6 Å². The fraction of sp³-hybridized carbons (Fsp3) is 0.500. The molecule has 19 heavy (non-hydrogen) atoms. The third-order valence-electron chi connectivity index (χ3n) is 3.48. The maximum Gasteiger partial charge on any atom is 0.253 e. The number of alkyl halides is 2. The van der Waals surface area contributed by atoms with Gasteiger partial charge in [0.1, 0.15) is 0 Å². The Morgan fingerprint density at radius 1 is 1.53 bits per heavy atom. The monoisotopic (exact) mass is 283 g/mol. The number of rotatable bonds is 3. The Morgan fingerprint density at radius 2 is 2.21 bits per heavy atom. The first kappa shape index (κ1) is 14.0. The zero-order valence-corrected chi connectivity index (χ0v) is 11.2. The van der Waals surface area contributed by atoms with Gasteiger partial charge in [-0.2, -0.15) is 11.3 Å². The summed E-state index contributed by atoms with van der Waals surface area (Å²) in [5.74, 6) is -0.355. The lowest BCUT2D eigenvalue weighted by Crippen LogP contribution is -2.42. The molecule has 1 aliphatic rings. The van der Waals surface area contributed by atoms with Crippen molar-refractivity contribution >= 4 is 17.2 Å². The van der Waals surface area contributed by atoms with Crippen LogP contribution in [0.3, 0.4) is 0 Å². The average Bonchev–Trinajstić information content (AvgIpc) is 2.90. The highest BCUT2D eigenvalue weighted by atomic mass is 32.1. The van der Waals surface area contributed by atoms with Gasteiger partial charge in [0.15, 0.2) is 0 Å². The van der Waals surface area contributed by atoms with Gasteiger partial charge in [0.2, 0.25) is 5.92 Å². The van der Waals surface area contributed by atoms with E-state index in [9.17, 15) is 13.6 Å². The molecule has 1 aliphatic carbocycles. The van der Waals surface area contributed by atoms with Gasteiger partial charge in [-0.15, -0.1) is 6.42 Å². The topological polar surface area (TPSA) is 29.1 Å². The van der Waals surface area contributed by atoms with Crippen LogP contribution in [0.25, 0.3) is 0 Å². The number of halogens is 2. The minimum absolute atomic E-state index is 0.0628.